The first-order valence-corrected chi connectivity index (χ1v) is 6.69. The molecule has 0 aliphatic carbocycles. The van der Waals surface area contributed by atoms with Crippen LogP contribution in [-0.2, 0) is 25.1 Å². The standard InChI is InChI=1S/C11H12NO7P/c13-9(14)4-5-11(10(15)16,19-20(17)18)7-8-3-1-2-6-12-8/h1-3,6H,4-5,7H2,(H2-,13,14,15,16,17,18)/p+1. The molecule has 2 unspecified atom stereocenters. The van der Waals surface area contributed by atoms with Crippen LogP contribution in [0.3, 0.4) is 0 Å². The molecule has 0 aromatic carbocycles. The summed E-state index contributed by atoms with van der Waals surface area (Å²) >= 11 is 0. The number of carbonyl (C=O) groups is 2. The van der Waals surface area contributed by atoms with Crippen molar-refractivity contribution in [3.05, 3.63) is 30.1 Å². The number of hydrogen-bond acceptors (Lipinski definition) is 5. The summed E-state index contributed by atoms with van der Waals surface area (Å²) in [5.74, 6) is -2.74. The largest absolute Gasteiger partial charge is 0.695 e. The molecule has 0 aliphatic heterocycles. The molecule has 108 valence electrons. The van der Waals surface area contributed by atoms with Gasteiger partial charge in [-0.2, -0.15) is 0 Å². The second-order valence-corrected chi connectivity index (χ2v) is 4.68. The van der Waals surface area contributed by atoms with Gasteiger partial charge in [-0.05, 0) is 12.1 Å². The van der Waals surface area contributed by atoms with Gasteiger partial charge in [0.15, 0.2) is 0 Å². The number of aliphatic carboxylic acids is 2. The Bertz CT molecular complexity index is 507. The average molecular weight is 302 g/mol. The van der Waals surface area contributed by atoms with E-state index in [-0.39, 0.29) is 6.42 Å². The van der Waals surface area contributed by atoms with Crippen molar-refractivity contribution in [3.63, 3.8) is 0 Å². The zero-order valence-corrected chi connectivity index (χ0v) is 11.2. The highest BCUT2D eigenvalue weighted by atomic mass is 31.1. The van der Waals surface area contributed by atoms with Gasteiger partial charge >= 0.3 is 20.2 Å². The predicted octanol–water partition coefficient (Wildman–Crippen LogP) is 0.979. The van der Waals surface area contributed by atoms with Crippen LogP contribution in [0.1, 0.15) is 18.5 Å². The highest BCUT2D eigenvalue weighted by Gasteiger charge is 2.48. The summed E-state index contributed by atoms with van der Waals surface area (Å²) in [6.45, 7) is 0. The molecule has 0 saturated carbocycles. The summed E-state index contributed by atoms with van der Waals surface area (Å²) in [7, 11) is -3.20. The Hall–Kier alpha value is -1.89. The highest BCUT2D eigenvalue weighted by Crippen LogP contribution is 2.33. The molecule has 1 aromatic rings. The smallest absolute Gasteiger partial charge is 0.481 e. The summed E-state index contributed by atoms with van der Waals surface area (Å²) < 4.78 is 15.5. The highest BCUT2D eigenvalue weighted by molar-refractivity contribution is 7.32. The maximum Gasteiger partial charge on any atom is 0.695 e. The zero-order chi connectivity index (χ0) is 15.2. The lowest BCUT2D eigenvalue weighted by Crippen LogP contribution is -2.43. The Balaban J connectivity index is 3.04. The van der Waals surface area contributed by atoms with E-state index in [1.54, 1.807) is 12.1 Å². The fourth-order valence-corrected chi connectivity index (χ4v) is 2.17. The van der Waals surface area contributed by atoms with Crippen molar-refractivity contribution in [3.8, 4) is 0 Å². The molecule has 0 bridgehead atoms. The minimum Gasteiger partial charge on any atom is -0.481 e. The number of carboxylic acid groups (broad SMARTS) is 2. The molecule has 0 spiro atoms. The number of hydrogen-bond donors (Lipinski definition) is 3. The molecule has 0 fully saturated rings. The summed E-state index contributed by atoms with van der Waals surface area (Å²) in [6.07, 6.45) is 0.161. The molecule has 20 heavy (non-hydrogen) atoms. The Morgan fingerprint density at radius 1 is 1.35 bits per heavy atom. The van der Waals surface area contributed by atoms with Crippen LogP contribution < -0.4 is 0 Å². The van der Waals surface area contributed by atoms with Gasteiger partial charge in [-0.25, -0.2) is 4.79 Å². The quantitative estimate of drug-likeness (QED) is 0.605. The third kappa shape index (κ3) is 4.65. The first-order chi connectivity index (χ1) is 9.35. The van der Waals surface area contributed by atoms with E-state index < -0.39 is 38.6 Å². The van der Waals surface area contributed by atoms with Gasteiger partial charge in [0.2, 0.25) is 5.60 Å². The maximum absolute atomic E-state index is 11.4. The van der Waals surface area contributed by atoms with E-state index in [0.29, 0.717) is 5.69 Å². The minimum atomic E-state index is -3.20. The molecule has 0 aliphatic rings. The normalized spacial score (nSPS) is 14.3. The molecule has 3 N–H and O–H groups in total. The number of nitrogens with zero attached hydrogens (tertiary/aromatic N) is 1. The van der Waals surface area contributed by atoms with Crippen molar-refractivity contribution in [1.82, 2.24) is 4.98 Å². The predicted molar refractivity (Wildman–Crippen MR) is 66.1 cm³/mol. The summed E-state index contributed by atoms with van der Waals surface area (Å²) in [6, 6.07) is 4.76. The Morgan fingerprint density at radius 2 is 2.05 bits per heavy atom. The molecule has 1 heterocycles. The van der Waals surface area contributed by atoms with Gasteiger partial charge in [-0.3, -0.25) is 9.78 Å². The maximum atomic E-state index is 11.4. The van der Waals surface area contributed by atoms with E-state index in [1.807, 2.05) is 0 Å². The van der Waals surface area contributed by atoms with E-state index in [1.165, 1.54) is 12.3 Å². The third-order valence-corrected chi connectivity index (χ3v) is 3.08. The van der Waals surface area contributed by atoms with Gasteiger partial charge in [0.1, 0.15) is 0 Å². The van der Waals surface area contributed by atoms with E-state index in [4.69, 9.17) is 10.00 Å². The molecule has 0 amide bonds. The second-order valence-electron chi connectivity index (χ2n) is 4.02. The lowest BCUT2D eigenvalue weighted by atomic mass is 9.92. The molecule has 9 heteroatoms. The van der Waals surface area contributed by atoms with E-state index in [9.17, 15) is 19.3 Å². The van der Waals surface area contributed by atoms with Crippen LogP contribution in [-0.4, -0.2) is 37.6 Å². The molecule has 0 radical (unpaired) electrons. The van der Waals surface area contributed by atoms with Gasteiger partial charge in [0.25, 0.3) is 0 Å². The first kappa shape index (κ1) is 16.2. The molecular weight excluding hydrogens is 289 g/mol. The average Bonchev–Trinajstić information content (AvgIpc) is 2.36. The zero-order valence-electron chi connectivity index (χ0n) is 10.3. The van der Waals surface area contributed by atoms with E-state index in [2.05, 4.69) is 9.51 Å². The van der Waals surface area contributed by atoms with Crippen molar-refractivity contribution >= 4 is 20.2 Å². The van der Waals surface area contributed by atoms with Crippen LogP contribution in [0.5, 0.6) is 0 Å². The van der Waals surface area contributed by atoms with Crippen LogP contribution >= 0.6 is 8.25 Å². The van der Waals surface area contributed by atoms with Gasteiger partial charge in [-0.15, -0.1) is 9.42 Å². The Morgan fingerprint density at radius 3 is 2.50 bits per heavy atom. The summed E-state index contributed by atoms with van der Waals surface area (Å²) in [5.41, 5.74) is -1.79. The summed E-state index contributed by atoms with van der Waals surface area (Å²) in [5, 5.41) is 17.9. The summed E-state index contributed by atoms with van der Waals surface area (Å²) in [4.78, 5) is 34.7. The van der Waals surface area contributed by atoms with Gasteiger partial charge in [-0.1, -0.05) is 6.07 Å². The van der Waals surface area contributed by atoms with Crippen molar-refractivity contribution in [2.24, 2.45) is 0 Å². The van der Waals surface area contributed by atoms with E-state index in [0.717, 1.165) is 0 Å². The minimum absolute atomic E-state index is 0.307. The third-order valence-electron chi connectivity index (χ3n) is 2.58. The van der Waals surface area contributed by atoms with Crippen LogP contribution in [0.25, 0.3) is 0 Å². The van der Waals surface area contributed by atoms with E-state index >= 15 is 0 Å². The Labute approximate surface area is 115 Å². The van der Waals surface area contributed by atoms with Crippen LogP contribution in [0.2, 0.25) is 0 Å². The fourth-order valence-electron chi connectivity index (χ4n) is 1.64. The fraction of sp³-hybridized carbons (Fsp3) is 0.364. The first-order valence-electron chi connectivity index (χ1n) is 5.56. The monoisotopic (exact) mass is 302 g/mol. The van der Waals surface area contributed by atoms with Crippen LogP contribution in [0.15, 0.2) is 24.4 Å². The van der Waals surface area contributed by atoms with Crippen molar-refractivity contribution in [2.45, 2.75) is 24.9 Å². The lowest BCUT2D eigenvalue weighted by molar-refractivity contribution is -0.157. The number of aromatic nitrogens is 1. The molecule has 1 rings (SSSR count). The molecule has 1 aromatic heterocycles. The molecular formula is C11H13NO7P+. The number of carboxylic acids is 2. The Kier molecular flexibility index (Phi) is 5.69. The molecule has 8 nitrogen and oxygen atoms in total. The van der Waals surface area contributed by atoms with Crippen LogP contribution in [0.4, 0.5) is 0 Å². The number of pyridine rings is 1. The van der Waals surface area contributed by atoms with Gasteiger partial charge in [0.05, 0.1) is 0 Å². The van der Waals surface area contributed by atoms with Crippen molar-refractivity contribution < 1.29 is 33.8 Å². The van der Waals surface area contributed by atoms with Crippen LogP contribution in [0, 0.1) is 0 Å². The van der Waals surface area contributed by atoms with Crippen molar-refractivity contribution in [1.29, 1.82) is 0 Å². The second kappa shape index (κ2) is 7.04. The topological polar surface area (TPSA) is 134 Å². The lowest BCUT2D eigenvalue weighted by Gasteiger charge is -2.21. The van der Waals surface area contributed by atoms with Gasteiger partial charge < -0.3 is 10.2 Å². The van der Waals surface area contributed by atoms with Crippen molar-refractivity contribution in [2.75, 3.05) is 0 Å². The SMILES string of the molecule is O=C(O)CCC(Cc1ccccn1)(O[P+](=O)O)C(=O)O. The molecule has 0 saturated heterocycles. The number of rotatable bonds is 8. The van der Waals surface area contributed by atoms with Gasteiger partial charge in [0, 0.05) is 35.7 Å². The molecule has 2 atom stereocenters.